The van der Waals surface area contributed by atoms with Crippen molar-refractivity contribution in [2.45, 2.75) is 24.0 Å². The number of hydrogen-bond acceptors (Lipinski definition) is 4. The third-order valence-electron chi connectivity index (χ3n) is 2.19. The first kappa shape index (κ1) is 9.44. The van der Waals surface area contributed by atoms with Crippen LogP contribution in [-0.4, -0.2) is 26.2 Å². The number of methoxy groups -OCH3 is 1. The van der Waals surface area contributed by atoms with Gasteiger partial charge < -0.3 is 4.74 Å². The van der Waals surface area contributed by atoms with Gasteiger partial charge in [-0.3, -0.25) is 4.79 Å². The molecule has 0 unspecified atom stereocenters. The minimum absolute atomic E-state index is 0.0263. The Morgan fingerprint density at radius 3 is 2.08 bits per heavy atom. The van der Waals surface area contributed by atoms with Crippen molar-refractivity contribution < 1.29 is 21.8 Å². The molecule has 70 valence electrons. The van der Waals surface area contributed by atoms with Crippen LogP contribution < -0.4 is 0 Å². The highest BCUT2D eigenvalue weighted by Crippen LogP contribution is 2.41. The van der Waals surface area contributed by atoms with E-state index in [0.29, 0.717) is 6.42 Å². The van der Waals surface area contributed by atoms with Crippen molar-refractivity contribution in [2.24, 2.45) is 0 Å². The molecule has 0 amide bonds. The lowest BCUT2D eigenvalue weighted by molar-refractivity contribution is -0.146. The third kappa shape index (κ3) is 1.10. The molecule has 0 aromatic heterocycles. The second-order valence-electron chi connectivity index (χ2n) is 2.78. The fourth-order valence-corrected chi connectivity index (χ4v) is 2.29. The van der Waals surface area contributed by atoms with E-state index in [-0.39, 0.29) is 12.8 Å². The van der Waals surface area contributed by atoms with Gasteiger partial charge in [-0.15, -0.1) is 3.89 Å². The van der Waals surface area contributed by atoms with Crippen LogP contribution in [0.2, 0.25) is 0 Å². The van der Waals surface area contributed by atoms with Gasteiger partial charge in [-0.1, -0.05) is 0 Å². The summed E-state index contributed by atoms with van der Waals surface area (Å²) in [4.78, 5) is 10.9. The third-order valence-corrected chi connectivity index (χ3v) is 3.69. The van der Waals surface area contributed by atoms with E-state index in [1.165, 1.54) is 0 Å². The molecule has 0 bridgehead atoms. The number of carbonyl (C=O) groups excluding carboxylic acids is 1. The summed E-state index contributed by atoms with van der Waals surface area (Å²) in [6.45, 7) is 0. The van der Waals surface area contributed by atoms with Crippen LogP contribution in [0.5, 0.6) is 0 Å². The molecule has 0 aromatic rings. The Morgan fingerprint density at radius 1 is 1.50 bits per heavy atom. The second kappa shape index (κ2) is 2.69. The van der Waals surface area contributed by atoms with Gasteiger partial charge in [-0.2, -0.15) is 8.42 Å². The molecule has 1 fully saturated rings. The molecule has 12 heavy (non-hydrogen) atoms. The van der Waals surface area contributed by atoms with Crippen molar-refractivity contribution in [1.29, 1.82) is 0 Å². The van der Waals surface area contributed by atoms with Crippen LogP contribution in [0.3, 0.4) is 0 Å². The number of halogens is 1. The SMILES string of the molecule is COC(=O)C1(S(=O)(=O)F)CCC1. The largest absolute Gasteiger partial charge is 0.468 e. The normalized spacial score (nSPS) is 21.2. The lowest BCUT2D eigenvalue weighted by Crippen LogP contribution is -2.51. The van der Waals surface area contributed by atoms with Gasteiger partial charge in [0.1, 0.15) is 0 Å². The lowest BCUT2D eigenvalue weighted by Gasteiger charge is -2.34. The maximum Gasteiger partial charge on any atom is 0.330 e. The molecular weight excluding hydrogens is 187 g/mol. The average Bonchev–Trinajstić information content (AvgIpc) is 1.81. The summed E-state index contributed by atoms with van der Waals surface area (Å²) < 4.78 is 36.1. The van der Waals surface area contributed by atoms with Crippen molar-refractivity contribution >= 4 is 16.2 Å². The maximum atomic E-state index is 12.6. The van der Waals surface area contributed by atoms with Gasteiger partial charge in [0.2, 0.25) is 0 Å². The van der Waals surface area contributed by atoms with Crippen LogP contribution in [0.15, 0.2) is 0 Å². The molecule has 1 saturated carbocycles. The molecule has 0 atom stereocenters. The van der Waals surface area contributed by atoms with Gasteiger partial charge in [0.15, 0.2) is 4.75 Å². The highest BCUT2D eigenvalue weighted by Gasteiger charge is 2.57. The number of esters is 1. The standard InChI is InChI=1S/C6H9FO4S/c1-11-5(8)6(3-2-4-6)12(7,9)10/h2-4H2,1H3. The maximum absolute atomic E-state index is 12.6. The fourth-order valence-electron chi connectivity index (χ4n) is 1.23. The molecule has 0 aromatic carbocycles. The number of hydrogen-bond donors (Lipinski definition) is 0. The molecule has 0 N–H and O–H groups in total. The predicted octanol–water partition coefficient (Wildman–Crippen LogP) is 0.381. The summed E-state index contributed by atoms with van der Waals surface area (Å²) in [5, 5.41) is 0. The topological polar surface area (TPSA) is 60.4 Å². The van der Waals surface area contributed by atoms with Gasteiger partial charge in [0, 0.05) is 0 Å². The molecule has 1 aliphatic carbocycles. The van der Waals surface area contributed by atoms with Crippen molar-refractivity contribution in [3.05, 3.63) is 0 Å². The lowest BCUT2D eigenvalue weighted by atomic mass is 9.84. The van der Waals surface area contributed by atoms with E-state index in [1.807, 2.05) is 0 Å². The zero-order chi connectivity index (χ0) is 9.41. The Bertz CT molecular complexity index is 291. The van der Waals surface area contributed by atoms with Gasteiger partial charge in [0.25, 0.3) is 0 Å². The van der Waals surface area contributed by atoms with Gasteiger partial charge in [0.05, 0.1) is 7.11 Å². The van der Waals surface area contributed by atoms with Crippen molar-refractivity contribution in [2.75, 3.05) is 7.11 Å². The van der Waals surface area contributed by atoms with Crippen molar-refractivity contribution in [3.8, 4) is 0 Å². The Balaban J connectivity index is 3.00. The molecular formula is C6H9FO4S. The summed E-state index contributed by atoms with van der Waals surface area (Å²) in [6.07, 6.45) is 0.593. The Morgan fingerprint density at radius 2 is 2.00 bits per heavy atom. The van der Waals surface area contributed by atoms with E-state index in [1.54, 1.807) is 0 Å². The molecule has 0 heterocycles. The Labute approximate surface area is 69.9 Å². The summed E-state index contributed by atoms with van der Waals surface area (Å²) in [6, 6.07) is 0. The molecule has 0 aliphatic heterocycles. The smallest absolute Gasteiger partial charge is 0.330 e. The minimum Gasteiger partial charge on any atom is -0.468 e. The van der Waals surface area contributed by atoms with Crippen LogP contribution in [0.4, 0.5) is 3.89 Å². The monoisotopic (exact) mass is 196 g/mol. The number of ether oxygens (including phenoxy) is 1. The molecule has 4 nitrogen and oxygen atoms in total. The average molecular weight is 196 g/mol. The van der Waals surface area contributed by atoms with Crippen LogP contribution in [0.1, 0.15) is 19.3 Å². The molecule has 1 aliphatic rings. The van der Waals surface area contributed by atoms with Crippen molar-refractivity contribution in [1.82, 2.24) is 0 Å². The first-order chi connectivity index (χ1) is 5.44. The summed E-state index contributed by atoms with van der Waals surface area (Å²) >= 11 is 0. The van der Waals surface area contributed by atoms with Crippen molar-refractivity contribution in [3.63, 3.8) is 0 Å². The first-order valence-corrected chi connectivity index (χ1v) is 4.85. The summed E-state index contributed by atoms with van der Waals surface area (Å²) in [7, 11) is -3.76. The van der Waals surface area contributed by atoms with E-state index in [2.05, 4.69) is 4.74 Å². The van der Waals surface area contributed by atoms with E-state index in [4.69, 9.17) is 0 Å². The van der Waals surface area contributed by atoms with E-state index in [0.717, 1.165) is 7.11 Å². The minimum atomic E-state index is -4.81. The molecule has 0 radical (unpaired) electrons. The fraction of sp³-hybridized carbons (Fsp3) is 0.833. The quantitative estimate of drug-likeness (QED) is 0.473. The first-order valence-electron chi connectivity index (χ1n) is 3.47. The molecule has 0 saturated heterocycles. The highest BCUT2D eigenvalue weighted by molar-refractivity contribution is 7.88. The van der Waals surface area contributed by atoms with E-state index in [9.17, 15) is 17.1 Å². The van der Waals surface area contributed by atoms with Crippen LogP contribution >= 0.6 is 0 Å². The molecule has 1 rings (SSSR count). The Hall–Kier alpha value is -0.650. The van der Waals surface area contributed by atoms with Crippen LogP contribution in [0.25, 0.3) is 0 Å². The number of carbonyl (C=O) groups is 1. The van der Waals surface area contributed by atoms with Crippen LogP contribution in [-0.2, 0) is 19.8 Å². The highest BCUT2D eigenvalue weighted by atomic mass is 32.3. The van der Waals surface area contributed by atoms with Gasteiger partial charge in [-0.25, -0.2) is 0 Å². The molecule has 6 heteroatoms. The number of rotatable bonds is 2. The molecule has 0 spiro atoms. The second-order valence-corrected chi connectivity index (χ2v) is 4.43. The van der Waals surface area contributed by atoms with Gasteiger partial charge >= 0.3 is 16.2 Å². The van der Waals surface area contributed by atoms with E-state index < -0.39 is 20.9 Å². The zero-order valence-electron chi connectivity index (χ0n) is 6.54. The summed E-state index contributed by atoms with van der Waals surface area (Å²) in [5.41, 5.74) is 0. The zero-order valence-corrected chi connectivity index (χ0v) is 7.36. The predicted molar refractivity (Wildman–Crippen MR) is 38.6 cm³/mol. The van der Waals surface area contributed by atoms with E-state index >= 15 is 0 Å². The van der Waals surface area contributed by atoms with Gasteiger partial charge in [-0.05, 0) is 19.3 Å². The summed E-state index contributed by atoms with van der Waals surface area (Å²) in [5.74, 6) is -0.990. The van der Waals surface area contributed by atoms with Crippen LogP contribution in [0, 0.1) is 0 Å². The Kier molecular flexibility index (Phi) is 2.11.